The number of morpholine rings is 1. The number of hydrogen-bond donors (Lipinski definition) is 0. The normalized spacial score (nSPS) is 21.7. The third kappa shape index (κ3) is 5.16. The van der Waals surface area contributed by atoms with E-state index in [9.17, 15) is 5.26 Å². The lowest BCUT2D eigenvalue weighted by Crippen LogP contribution is -2.41. The van der Waals surface area contributed by atoms with Crippen molar-refractivity contribution in [1.82, 2.24) is 19.5 Å². The van der Waals surface area contributed by atoms with Gasteiger partial charge in [0.25, 0.3) is 0 Å². The first-order valence-corrected chi connectivity index (χ1v) is 14.7. The summed E-state index contributed by atoms with van der Waals surface area (Å²) in [6.45, 7) is 5.11. The number of aromatic nitrogens is 4. The first-order valence-electron chi connectivity index (χ1n) is 13.5. The van der Waals surface area contributed by atoms with Gasteiger partial charge in [-0.25, -0.2) is 9.97 Å². The summed E-state index contributed by atoms with van der Waals surface area (Å²) in [6.07, 6.45) is 8.21. The molecule has 2 fully saturated rings. The zero-order valence-corrected chi connectivity index (χ0v) is 24.2. The largest absolute Gasteiger partial charge is 0.377 e. The van der Waals surface area contributed by atoms with Crippen LogP contribution in [0.5, 0.6) is 0 Å². The van der Waals surface area contributed by atoms with Crippen LogP contribution in [-0.4, -0.2) is 39.3 Å². The number of fused-ring (bicyclic) bond motifs is 1. The molecule has 1 aliphatic carbocycles. The van der Waals surface area contributed by atoms with Crippen LogP contribution in [0.3, 0.4) is 0 Å². The van der Waals surface area contributed by atoms with Gasteiger partial charge in [0.2, 0.25) is 5.95 Å². The van der Waals surface area contributed by atoms with Crippen molar-refractivity contribution in [3.05, 3.63) is 69.5 Å². The molecule has 1 saturated carbocycles. The number of rotatable bonds is 5. The number of hydrogen-bond acceptors (Lipinski definition) is 6. The van der Waals surface area contributed by atoms with Gasteiger partial charge in [-0.3, -0.25) is 4.98 Å². The van der Waals surface area contributed by atoms with Crippen molar-refractivity contribution >= 4 is 44.5 Å². The molecule has 7 nitrogen and oxygen atoms in total. The Hall–Kier alpha value is -2.99. The molecule has 0 unspecified atom stereocenters. The minimum absolute atomic E-state index is 0.0281. The summed E-state index contributed by atoms with van der Waals surface area (Å²) in [5, 5.41) is 10.5. The fourth-order valence-electron chi connectivity index (χ4n) is 5.93. The Bertz CT molecular complexity index is 1530. The van der Waals surface area contributed by atoms with Gasteiger partial charge in [0, 0.05) is 31.0 Å². The number of anilines is 1. The third-order valence-electron chi connectivity index (χ3n) is 8.04. The standard InChI is InChI=1S/C30H30BrClN6O/c1-19-7-9-20(10-8-19)17-38-29-27(22-13-23(32)16-34-15-22)35-24(14-33)26(31)28(29)36-30(38)37-11-12-39-18-25(37)21-5-3-2-4-6-21/h2-6,13,15-16,19-20,25H,7-12,17-18H2,1H3/t19-,20-,25-/m0/s1. The molecular formula is C30H30BrClN6O. The van der Waals surface area contributed by atoms with E-state index in [1.807, 2.05) is 12.1 Å². The molecule has 1 aromatic carbocycles. The van der Waals surface area contributed by atoms with Crippen molar-refractivity contribution in [3.8, 4) is 17.3 Å². The predicted molar refractivity (Wildman–Crippen MR) is 157 cm³/mol. The van der Waals surface area contributed by atoms with E-state index < -0.39 is 0 Å². The average molecular weight is 606 g/mol. The summed E-state index contributed by atoms with van der Waals surface area (Å²) in [5.41, 5.74) is 4.55. The summed E-state index contributed by atoms with van der Waals surface area (Å²) < 4.78 is 8.92. The van der Waals surface area contributed by atoms with Crippen LogP contribution in [0.1, 0.15) is 49.9 Å². The summed E-state index contributed by atoms with van der Waals surface area (Å²) >= 11 is 10.0. The van der Waals surface area contributed by atoms with E-state index in [0.717, 1.165) is 41.6 Å². The number of nitrogens with zero attached hydrogens (tertiary/aromatic N) is 6. The van der Waals surface area contributed by atoms with E-state index in [4.69, 9.17) is 26.3 Å². The molecule has 39 heavy (non-hydrogen) atoms. The molecule has 0 bridgehead atoms. The quantitative estimate of drug-likeness (QED) is 0.240. The van der Waals surface area contributed by atoms with Crippen molar-refractivity contribution in [2.75, 3.05) is 24.7 Å². The van der Waals surface area contributed by atoms with Gasteiger partial charge in [-0.1, -0.05) is 61.7 Å². The van der Waals surface area contributed by atoms with E-state index in [0.29, 0.717) is 40.0 Å². The van der Waals surface area contributed by atoms with Crippen LogP contribution in [0.15, 0.2) is 53.3 Å². The lowest BCUT2D eigenvalue weighted by molar-refractivity contribution is 0.0927. The zero-order valence-electron chi connectivity index (χ0n) is 21.9. The first kappa shape index (κ1) is 26.2. The van der Waals surface area contributed by atoms with E-state index in [-0.39, 0.29) is 6.04 Å². The van der Waals surface area contributed by atoms with Gasteiger partial charge in [-0.15, -0.1) is 0 Å². The summed E-state index contributed by atoms with van der Waals surface area (Å²) in [5.74, 6) is 2.19. The molecule has 1 atom stereocenters. The second kappa shape index (κ2) is 11.2. The molecule has 1 saturated heterocycles. The minimum Gasteiger partial charge on any atom is -0.377 e. The summed E-state index contributed by atoms with van der Waals surface area (Å²) in [7, 11) is 0. The highest BCUT2D eigenvalue weighted by Crippen LogP contribution is 2.41. The van der Waals surface area contributed by atoms with E-state index in [2.05, 4.69) is 67.6 Å². The number of benzene rings is 1. The van der Waals surface area contributed by atoms with Crippen molar-refractivity contribution in [2.24, 2.45) is 11.8 Å². The van der Waals surface area contributed by atoms with Gasteiger partial charge in [0.1, 0.15) is 11.6 Å². The number of ether oxygens (including phenoxy) is 1. The second-order valence-corrected chi connectivity index (χ2v) is 11.9. The van der Waals surface area contributed by atoms with Crippen molar-refractivity contribution < 1.29 is 4.74 Å². The maximum Gasteiger partial charge on any atom is 0.207 e. The third-order valence-corrected chi connectivity index (χ3v) is 9.00. The Morgan fingerprint density at radius 2 is 1.92 bits per heavy atom. The fourth-order valence-corrected chi connectivity index (χ4v) is 6.56. The Morgan fingerprint density at radius 1 is 1.13 bits per heavy atom. The second-order valence-electron chi connectivity index (χ2n) is 10.7. The SMILES string of the molecule is C[C@H]1CC[C@H](Cn2c(N3CCOC[C@H]3c3ccccc3)nc3c(Br)c(C#N)nc(-c4cncc(Cl)c4)c32)CC1. The summed E-state index contributed by atoms with van der Waals surface area (Å²) in [4.78, 5) is 16.8. The maximum absolute atomic E-state index is 9.96. The van der Waals surface area contributed by atoms with Gasteiger partial charge in [-0.05, 0) is 52.2 Å². The summed E-state index contributed by atoms with van der Waals surface area (Å²) in [6, 6.07) is 14.6. The smallest absolute Gasteiger partial charge is 0.207 e. The van der Waals surface area contributed by atoms with Gasteiger partial charge in [0.15, 0.2) is 5.69 Å². The molecule has 0 N–H and O–H groups in total. The topological polar surface area (TPSA) is 79.9 Å². The molecule has 3 aromatic heterocycles. The van der Waals surface area contributed by atoms with Crippen molar-refractivity contribution in [1.29, 1.82) is 5.26 Å². The fraction of sp³-hybridized carbons (Fsp3) is 0.400. The van der Waals surface area contributed by atoms with Crippen LogP contribution in [0.25, 0.3) is 22.3 Å². The molecule has 0 amide bonds. The van der Waals surface area contributed by atoms with E-state index >= 15 is 0 Å². The Labute approximate surface area is 241 Å². The average Bonchev–Trinajstić information content (AvgIpc) is 3.34. The van der Waals surface area contributed by atoms with E-state index in [1.54, 1.807) is 12.4 Å². The molecule has 6 rings (SSSR count). The first-order chi connectivity index (χ1) is 19.0. The molecule has 9 heteroatoms. The number of pyridine rings is 2. The van der Waals surface area contributed by atoms with Crippen LogP contribution >= 0.6 is 27.5 Å². The highest BCUT2D eigenvalue weighted by molar-refractivity contribution is 9.10. The highest BCUT2D eigenvalue weighted by Gasteiger charge is 2.32. The molecule has 4 heterocycles. The van der Waals surface area contributed by atoms with Crippen LogP contribution in [-0.2, 0) is 11.3 Å². The van der Waals surface area contributed by atoms with Crippen molar-refractivity contribution in [2.45, 2.75) is 45.2 Å². The van der Waals surface area contributed by atoms with Crippen LogP contribution in [0.4, 0.5) is 5.95 Å². The monoisotopic (exact) mass is 604 g/mol. The van der Waals surface area contributed by atoms with Crippen LogP contribution < -0.4 is 4.90 Å². The van der Waals surface area contributed by atoms with Crippen LogP contribution in [0, 0.1) is 23.2 Å². The number of imidazole rings is 1. The van der Waals surface area contributed by atoms with Gasteiger partial charge in [-0.2, -0.15) is 5.26 Å². The van der Waals surface area contributed by atoms with Gasteiger partial charge >= 0.3 is 0 Å². The molecule has 2 aliphatic rings. The minimum atomic E-state index is 0.0281. The molecule has 200 valence electrons. The lowest BCUT2D eigenvalue weighted by atomic mass is 9.83. The molecule has 0 spiro atoms. The highest BCUT2D eigenvalue weighted by atomic mass is 79.9. The molecule has 1 aliphatic heterocycles. The lowest BCUT2D eigenvalue weighted by Gasteiger charge is -2.37. The number of halogens is 2. The van der Waals surface area contributed by atoms with E-state index in [1.165, 1.54) is 31.2 Å². The van der Waals surface area contributed by atoms with Gasteiger partial charge in [0.05, 0.1) is 40.0 Å². The zero-order chi connectivity index (χ0) is 26.9. The maximum atomic E-state index is 9.96. The number of nitriles is 1. The Kier molecular flexibility index (Phi) is 7.57. The Morgan fingerprint density at radius 3 is 2.67 bits per heavy atom. The molecular weight excluding hydrogens is 576 g/mol. The van der Waals surface area contributed by atoms with Crippen molar-refractivity contribution in [3.63, 3.8) is 0 Å². The molecule has 0 radical (unpaired) electrons. The Balaban J connectivity index is 1.58. The molecule has 4 aromatic rings. The van der Waals surface area contributed by atoms with Gasteiger partial charge < -0.3 is 14.2 Å². The van der Waals surface area contributed by atoms with Crippen LogP contribution in [0.2, 0.25) is 5.02 Å². The predicted octanol–water partition coefficient (Wildman–Crippen LogP) is 7.19.